The standard InChI is InChI=1S/C14H21ClN2O2/c1-3-14(2,19)10-17-13(18)16-8-7-11-5-4-6-12(15)9-11/h4-6,9,19H,3,7-8,10H2,1-2H3,(H2,16,17,18). The third-order valence-corrected chi connectivity index (χ3v) is 3.21. The largest absolute Gasteiger partial charge is 0.388 e. The monoisotopic (exact) mass is 284 g/mol. The Bertz CT molecular complexity index is 422. The molecule has 3 N–H and O–H groups in total. The molecule has 1 unspecified atom stereocenters. The van der Waals surface area contributed by atoms with Crippen molar-refractivity contribution in [2.24, 2.45) is 0 Å². The first-order valence-electron chi connectivity index (χ1n) is 6.41. The van der Waals surface area contributed by atoms with Gasteiger partial charge in [-0.15, -0.1) is 0 Å². The van der Waals surface area contributed by atoms with Crippen LogP contribution < -0.4 is 10.6 Å². The van der Waals surface area contributed by atoms with Crippen LogP contribution in [0.1, 0.15) is 25.8 Å². The molecule has 0 heterocycles. The van der Waals surface area contributed by atoms with E-state index in [1.807, 2.05) is 31.2 Å². The van der Waals surface area contributed by atoms with Crippen molar-refractivity contribution in [1.82, 2.24) is 10.6 Å². The van der Waals surface area contributed by atoms with Crippen molar-refractivity contribution < 1.29 is 9.90 Å². The maximum absolute atomic E-state index is 11.5. The molecule has 0 aromatic heterocycles. The summed E-state index contributed by atoms with van der Waals surface area (Å²) in [5.74, 6) is 0. The molecule has 5 heteroatoms. The van der Waals surface area contributed by atoms with Crippen LogP contribution in [-0.4, -0.2) is 29.8 Å². The fraction of sp³-hybridized carbons (Fsp3) is 0.500. The van der Waals surface area contributed by atoms with E-state index in [1.165, 1.54) is 0 Å². The molecule has 0 aliphatic carbocycles. The smallest absolute Gasteiger partial charge is 0.314 e. The van der Waals surface area contributed by atoms with Gasteiger partial charge in [-0.05, 0) is 37.5 Å². The average molecular weight is 285 g/mol. The Labute approximate surface area is 119 Å². The van der Waals surface area contributed by atoms with Gasteiger partial charge < -0.3 is 15.7 Å². The Morgan fingerprint density at radius 2 is 2.16 bits per heavy atom. The quantitative estimate of drug-likeness (QED) is 0.751. The minimum atomic E-state index is -0.857. The molecule has 19 heavy (non-hydrogen) atoms. The van der Waals surface area contributed by atoms with E-state index < -0.39 is 5.60 Å². The molecular formula is C14H21ClN2O2. The zero-order chi connectivity index (χ0) is 14.3. The molecule has 0 bridgehead atoms. The SMILES string of the molecule is CCC(C)(O)CNC(=O)NCCc1cccc(Cl)c1. The van der Waals surface area contributed by atoms with Crippen LogP contribution in [0.4, 0.5) is 4.79 Å². The first-order chi connectivity index (χ1) is 8.93. The normalized spacial score (nSPS) is 13.7. The second-order valence-corrected chi connectivity index (χ2v) is 5.28. The zero-order valence-corrected chi connectivity index (χ0v) is 12.1. The Balaban J connectivity index is 2.24. The van der Waals surface area contributed by atoms with Gasteiger partial charge in [-0.3, -0.25) is 0 Å². The number of carbonyl (C=O) groups is 1. The van der Waals surface area contributed by atoms with E-state index in [9.17, 15) is 9.90 Å². The van der Waals surface area contributed by atoms with Crippen LogP contribution in [0.25, 0.3) is 0 Å². The van der Waals surface area contributed by atoms with Crippen molar-refractivity contribution in [1.29, 1.82) is 0 Å². The highest BCUT2D eigenvalue weighted by atomic mass is 35.5. The molecular weight excluding hydrogens is 264 g/mol. The van der Waals surface area contributed by atoms with Crippen LogP contribution in [0.2, 0.25) is 5.02 Å². The summed E-state index contributed by atoms with van der Waals surface area (Å²) in [6, 6.07) is 7.28. The molecule has 0 saturated carbocycles. The maximum Gasteiger partial charge on any atom is 0.314 e. The molecule has 0 aliphatic heterocycles. The van der Waals surface area contributed by atoms with Crippen molar-refractivity contribution in [2.75, 3.05) is 13.1 Å². The number of nitrogens with one attached hydrogen (secondary N) is 2. The fourth-order valence-electron chi connectivity index (χ4n) is 1.47. The van der Waals surface area contributed by atoms with E-state index in [0.717, 1.165) is 12.0 Å². The number of benzene rings is 1. The molecule has 0 aliphatic rings. The van der Waals surface area contributed by atoms with E-state index in [-0.39, 0.29) is 12.6 Å². The molecule has 1 rings (SSSR count). The molecule has 4 nitrogen and oxygen atoms in total. The van der Waals surface area contributed by atoms with E-state index in [1.54, 1.807) is 6.92 Å². The predicted molar refractivity (Wildman–Crippen MR) is 77.5 cm³/mol. The van der Waals surface area contributed by atoms with Crippen molar-refractivity contribution in [3.05, 3.63) is 34.9 Å². The number of carbonyl (C=O) groups excluding carboxylic acids is 1. The minimum absolute atomic E-state index is 0.243. The molecule has 0 fully saturated rings. The van der Waals surface area contributed by atoms with Gasteiger partial charge >= 0.3 is 6.03 Å². The number of aliphatic hydroxyl groups is 1. The van der Waals surface area contributed by atoms with E-state index in [0.29, 0.717) is 18.0 Å². The number of rotatable bonds is 6. The summed E-state index contributed by atoms with van der Waals surface area (Å²) >= 11 is 5.87. The minimum Gasteiger partial charge on any atom is -0.388 e. The highest BCUT2D eigenvalue weighted by Gasteiger charge is 2.17. The lowest BCUT2D eigenvalue weighted by Crippen LogP contribution is -2.44. The predicted octanol–water partition coefficient (Wildman–Crippen LogP) is 2.34. The van der Waals surface area contributed by atoms with Gasteiger partial charge in [0.15, 0.2) is 0 Å². The van der Waals surface area contributed by atoms with Crippen LogP contribution in [0.3, 0.4) is 0 Å². The van der Waals surface area contributed by atoms with Gasteiger partial charge in [-0.2, -0.15) is 0 Å². The maximum atomic E-state index is 11.5. The van der Waals surface area contributed by atoms with Crippen molar-refractivity contribution in [3.63, 3.8) is 0 Å². The van der Waals surface area contributed by atoms with Crippen LogP contribution in [0.15, 0.2) is 24.3 Å². The summed E-state index contributed by atoms with van der Waals surface area (Å²) in [5.41, 5.74) is 0.220. The fourth-order valence-corrected chi connectivity index (χ4v) is 1.68. The summed E-state index contributed by atoms with van der Waals surface area (Å²) in [5, 5.41) is 15.8. The lowest BCUT2D eigenvalue weighted by Gasteiger charge is -2.21. The number of hydrogen-bond acceptors (Lipinski definition) is 2. The van der Waals surface area contributed by atoms with Gasteiger partial charge in [-0.1, -0.05) is 30.7 Å². The Kier molecular flexibility index (Phi) is 6.12. The Morgan fingerprint density at radius 3 is 2.79 bits per heavy atom. The molecule has 0 saturated heterocycles. The second-order valence-electron chi connectivity index (χ2n) is 4.84. The molecule has 1 aromatic carbocycles. The summed E-state index contributed by atoms with van der Waals surface area (Å²) in [7, 11) is 0. The molecule has 2 amide bonds. The van der Waals surface area contributed by atoms with Crippen LogP contribution in [0.5, 0.6) is 0 Å². The summed E-state index contributed by atoms with van der Waals surface area (Å²) < 4.78 is 0. The van der Waals surface area contributed by atoms with Crippen LogP contribution in [0, 0.1) is 0 Å². The summed E-state index contributed by atoms with van der Waals surface area (Å²) in [6.45, 7) is 4.34. The number of halogens is 1. The van der Waals surface area contributed by atoms with Crippen molar-refractivity contribution >= 4 is 17.6 Å². The summed E-state index contributed by atoms with van der Waals surface area (Å²) in [4.78, 5) is 11.5. The van der Waals surface area contributed by atoms with Crippen LogP contribution >= 0.6 is 11.6 Å². The van der Waals surface area contributed by atoms with Crippen LogP contribution in [-0.2, 0) is 6.42 Å². The molecule has 0 spiro atoms. The number of amides is 2. The Morgan fingerprint density at radius 1 is 1.42 bits per heavy atom. The third-order valence-electron chi connectivity index (χ3n) is 2.98. The third kappa shape index (κ3) is 6.45. The summed E-state index contributed by atoms with van der Waals surface area (Å²) in [6.07, 6.45) is 1.31. The van der Waals surface area contributed by atoms with Gasteiger partial charge in [-0.25, -0.2) is 4.79 Å². The molecule has 106 valence electrons. The zero-order valence-electron chi connectivity index (χ0n) is 11.4. The Hall–Kier alpha value is -1.26. The van der Waals surface area contributed by atoms with Crippen molar-refractivity contribution in [3.8, 4) is 0 Å². The second kappa shape index (κ2) is 7.36. The van der Waals surface area contributed by atoms with Gasteiger partial charge in [0, 0.05) is 18.1 Å². The molecule has 0 radical (unpaired) electrons. The van der Waals surface area contributed by atoms with Gasteiger partial charge in [0.05, 0.1) is 5.60 Å². The molecule has 1 aromatic rings. The topological polar surface area (TPSA) is 61.4 Å². The first kappa shape index (κ1) is 15.8. The van der Waals surface area contributed by atoms with Gasteiger partial charge in [0.25, 0.3) is 0 Å². The van der Waals surface area contributed by atoms with E-state index in [4.69, 9.17) is 11.6 Å². The highest BCUT2D eigenvalue weighted by molar-refractivity contribution is 6.30. The highest BCUT2D eigenvalue weighted by Crippen LogP contribution is 2.10. The molecule has 1 atom stereocenters. The van der Waals surface area contributed by atoms with Gasteiger partial charge in [0.1, 0.15) is 0 Å². The number of urea groups is 1. The van der Waals surface area contributed by atoms with E-state index >= 15 is 0 Å². The first-order valence-corrected chi connectivity index (χ1v) is 6.79. The average Bonchev–Trinajstić information content (AvgIpc) is 2.37. The lowest BCUT2D eigenvalue weighted by atomic mass is 10.0. The lowest BCUT2D eigenvalue weighted by molar-refractivity contribution is 0.0582. The van der Waals surface area contributed by atoms with Gasteiger partial charge in [0.2, 0.25) is 0 Å². The van der Waals surface area contributed by atoms with E-state index in [2.05, 4.69) is 10.6 Å². The van der Waals surface area contributed by atoms with Crippen molar-refractivity contribution in [2.45, 2.75) is 32.3 Å². The number of hydrogen-bond donors (Lipinski definition) is 3.